The SMILES string of the molecule is O=c1cc([N+](=O)[O-])[nH]c2cc(Cl)c(Cl)c(Cl)c12. The Hall–Kier alpha value is -1.30. The van der Waals surface area contributed by atoms with E-state index >= 15 is 0 Å². The van der Waals surface area contributed by atoms with Crippen LogP contribution in [0.25, 0.3) is 10.9 Å². The van der Waals surface area contributed by atoms with Gasteiger partial charge < -0.3 is 10.1 Å². The molecule has 0 bridgehead atoms. The summed E-state index contributed by atoms with van der Waals surface area (Å²) in [6, 6.07) is 2.16. The van der Waals surface area contributed by atoms with E-state index in [0.717, 1.165) is 6.07 Å². The van der Waals surface area contributed by atoms with E-state index < -0.39 is 16.2 Å². The van der Waals surface area contributed by atoms with E-state index in [-0.39, 0.29) is 26.0 Å². The van der Waals surface area contributed by atoms with E-state index in [1.165, 1.54) is 6.07 Å². The van der Waals surface area contributed by atoms with Crippen molar-refractivity contribution in [1.82, 2.24) is 4.98 Å². The Morgan fingerprint density at radius 1 is 1.18 bits per heavy atom. The number of fused-ring (bicyclic) bond motifs is 1. The van der Waals surface area contributed by atoms with Crippen LogP contribution in [-0.4, -0.2) is 9.91 Å². The highest BCUT2D eigenvalue weighted by Gasteiger charge is 2.17. The van der Waals surface area contributed by atoms with E-state index in [4.69, 9.17) is 34.8 Å². The van der Waals surface area contributed by atoms with E-state index in [2.05, 4.69) is 4.98 Å². The molecule has 5 nitrogen and oxygen atoms in total. The Bertz CT molecular complexity index is 696. The molecule has 1 aromatic heterocycles. The average Bonchev–Trinajstić information content (AvgIpc) is 2.25. The molecule has 0 aliphatic carbocycles. The van der Waals surface area contributed by atoms with Gasteiger partial charge in [-0.3, -0.25) is 4.79 Å². The Kier molecular flexibility index (Phi) is 2.99. The van der Waals surface area contributed by atoms with Crippen LogP contribution in [0.3, 0.4) is 0 Å². The van der Waals surface area contributed by atoms with Crippen LogP contribution in [-0.2, 0) is 0 Å². The van der Waals surface area contributed by atoms with Crippen molar-refractivity contribution in [1.29, 1.82) is 0 Å². The molecule has 1 N–H and O–H groups in total. The van der Waals surface area contributed by atoms with Gasteiger partial charge in [0.2, 0.25) is 0 Å². The predicted molar refractivity (Wildman–Crippen MR) is 66.3 cm³/mol. The minimum Gasteiger partial charge on any atom is -0.358 e. The Balaban J connectivity index is 2.97. The van der Waals surface area contributed by atoms with Crippen LogP contribution in [0.1, 0.15) is 0 Å². The quantitative estimate of drug-likeness (QED) is 0.497. The third-order valence-electron chi connectivity index (χ3n) is 2.14. The van der Waals surface area contributed by atoms with Gasteiger partial charge in [-0.05, 0) is 4.92 Å². The molecule has 1 aromatic carbocycles. The number of pyridine rings is 1. The molecule has 0 radical (unpaired) electrons. The number of nitro groups is 1. The van der Waals surface area contributed by atoms with Gasteiger partial charge in [-0.25, -0.2) is 4.98 Å². The number of aromatic amines is 1. The molecule has 17 heavy (non-hydrogen) atoms. The minimum absolute atomic E-state index is 0.0229. The van der Waals surface area contributed by atoms with Crippen molar-refractivity contribution in [3.8, 4) is 0 Å². The molecule has 0 saturated carbocycles. The predicted octanol–water partition coefficient (Wildman–Crippen LogP) is 3.40. The summed E-state index contributed by atoms with van der Waals surface area (Å²) in [7, 11) is 0. The monoisotopic (exact) mass is 292 g/mol. The zero-order valence-corrected chi connectivity index (χ0v) is 10.2. The second-order valence-corrected chi connectivity index (χ2v) is 4.35. The van der Waals surface area contributed by atoms with Gasteiger partial charge in [0.05, 0.1) is 26.5 Å². The smallest absolute Gasteiger partial charge is 0.325 e. The molecule has 8 heteroatoms. The highest BCUT2D eigenvalue weighted by atomic mass is 35.5. The lowest BCUT2D eigenvalue weighted by molar-refractivity contribution is -0.389. The number of hydrogen-bond acceptors (Lipinski definition) is 3. The first kappa shape index (κ1) is 12.2. The fraction of sp³-hybridized carbons (Fsp3) is 0. The molecule has 0 atom stereocenters. The molecule has 0 saturated heterocycles. The highest BCUT2D eigenvalue weighted by Crippen LogP contribution is 2.35. The summed E-state index contributed by atoms with van der Waals surface area (Å²) in [5, 5.41) is 10.8. The summed E-state index contributed by atoms with van der Waals surface area (Å²) >= 11 is 17.4. The van der Waals surface area contributed by atoms with Gasteiger partial charge in [0.1, 0.15) is 5.52 Å². The molecule has 0 fully saturated rings. The Morgan fingerprint density at radius 2 is 1.82 bits per heavy atom. The molecule has 88 valence electrons. The van der Waals surface area contributed by atoms with Crippen LogP contribution in [0, 0.1) is 10.1 Å². The van der Waals surface area contributed by atoms with Gasteiger partial charge in [-0.2, -0.15) is 0 Å². The summed E-state index contributed by atoms with van der Waals surface area (Å²) in [5.41, 5.74) is -0.419. The standard InChI is InChI=1S/C9H3Cl3N2O3/c10-3-1-4-7(9(12)8(3)11)5(15)2-6(13-4)14(16)17/h1-2H,(H,13,15). The largest absolute Gasteiger partial charge is 0.358 e. The zero-order valence-electron chi connectivity index (χ0n) is 7.96. The Morgan fingerprint density at radius 3 is 2.41 bits per heavy atom. The van der Waals surface area contributed by atoms with E-state index in [1.54, 1.807) is 0 Å². The zero-order chi connectivity index (χ0) is 12.7. The summed E-state index contributed by atoms with van der Waals surface area (Å²) in [6.07, 6.45) is 0. The second kappa shape index (κ2) is 4.18. The van der Waals surface area contributed by atoms with Crippen molar-refractivity contribution < 1.29 is 4.92 Å². The minimum atomic E-state index is -0.711. The molecule has 2 aromatic rings. The lowest BCUT2D eigenvalue weighted by atomic mass is 10.2. The lowest BCUT2D eigenvalue weighted by Crippen LogP contribution is -2.05. The summed E-state index contributed by atoms with van der Waals surface area (Å²) in [5.74, 6) is -0.433. The first-order chi connectivity index (χ1) is 7.91. The van der Waals surface area contributed by atoms with Gasteiger partial charge in [0.15, 0.2) is 5.43 Å². The first-order valence-corrected chi connectivity index (χ1v) is 5.40. The number of halogens is 3. The normalized spacial score (nSPS) is 10.8. The third-order valence-corrected chi connectivity index (χ3v) is 3.40. The van der Waals surface area contributed by atoms with Gasteiger partial charge in [-0.1, -0.05) is 34.8 Å². The molecular formula is C9H3Cl3N2O3. The lowest BCUT2D eigenvalue weighted by Gasteiger charge is -2.03. The maximum Gasteiger partial charge on any atom is 0.325 e. The van der Waals surface area contributed by atoms with Crippen LogP contribution in [0.2, 0.25) is 15.1 Å². The third kappa shape index (κ3) is 1.97. The van der Waals surface area contributed by atoms with Crippen LogP contribution in [0.4, 0.5) is 5.82 Å². The molecule has 2 rings (SSSR count). The van der Waals surface area contributed by atoms with Gasteiger partial charge >= 0.3 is 5.82 Å². The maximum atomic E-state index is 11.7. The van der Waals surface area contributed by atoms with Gasteiger partial charge in [0, 0.05) is 6.07 Å². The topological polar surface area (TPSA) is 76.0 Å². The number of nitrogens with zero attached hydrogens (tertiary/aromatic N) is 1. The summed E-state index contributed by atoms with van der Waals surface area (Å²) in [4.78, 5) is 24.0. The molecule has 0 amide bonds. The van der Waals surface area contributed by atoms with Crippen molar-refractivity contribution >= 4 is 51.5 Å². The van der Waals surface area contributed by atoms with Crippen LogP contribution < -0.4 is 5.43 Å². The summed E-state index contributed by atoms with van der Waals surface area (Å²) < 4.78 is 0. The number of H-pyrrole nitrogens is 1. The first-order valence-electron chi connectivity index (χ1n) is 4.26. The summed E-state index contributed by atoms with van der Waals surface area (Å²) in [6.45, 7) is 0. The molecular weight excluding hydrogens is 290 g/mol. The van der Waals surface area contributed by atoms with E-state index in [9.17, 15) is 14.9 Å². The fourth-order valence-electron chi connectivity index (χ4n) is 1.40. The van der Waals surface area contributed by atoms with Crippen molar-refractivity contribution in [3.63, 3.8) is 0 Å². The molecule has 0 unspecified atom stereocenters. The van der Waals surface area contributed by atoms with Crippen LogP contribution >= 0.6 is 34.8 Å². The number of benzene rings is 1. The Labute approximate surface area is 109 Å². The van der Waals surface area contributed by atoms with Crippen LogP contribution in [0.15, 0.2) is 16.9 Å². The fourth-order valence-corrected chi connectivity index (χ4v) is 2.10. The molecule has 0 spiro atoms. The average molecular weight is 293 g/mol. The maximum absolute atomic E-state index is 11.7. The van der Waals surface area contributed by atoms with E-state index in [1.807, 2.05) is 0 Å². The second-order valence-electron chi connectivity index (χ2n) is 3.18. The highest BCUT2D eigenvalue weighted by molar-refractivity contribution is 6.50. The van der Waals surface area contributed by atoms with Gasteiger partial charge in [0.25, 0.3) is 0 Å². The molecule has 0 aliphatic rings. The van der Waals surface area contributed by atoms with Crippen molar-refractivity contribution in [2.24, 2.45) is 0 Å². The van der Waals surface area contributed by atoms with Crippen LogP contribution in [0.5, 0.6) is 0 Å². The number of aromatic nitrogens is 1. The van der Waals surface area contributed by atoms with E-state index in [0.29, 0.717) is 0 Å². The molecule has 1 heterocycles. The number of rotatable bonds is 1. The molecule has 0 aliphatic heterocycles. The number of nitrogens with one attached hydrogen (secondary N) is 1. The van der Waals surface area contributed by atoms with Crippen molar-refractivity contribution in [3.05, 3.63) is 47.5 Å². The van der Waals surface area contributed by atoms with Crippen molar-refractivity contribution in [2.75, 3.05) is 0 Å². The number of hydrogen-bond donors (Lipinski definition) is 1. The van der Waals surface area contributed by atoms with Gasteiger partial charge in [-0.15, -0.1) is 0 Å². The van der Waals surface area contributed by atoms with Crippen molar-refractivity contribution in [2.45, 2.75) is 0 Å².